The molecule has 0 N–H and O–H groups in total. The second-order valence-corrected chi connectivity index (χ2v) is 14.3. The molecular formula is C28H43N4O4S+. The maximum Gasteiger partial charge on any atom is 0.245 e. The molecule has 8 nitrogen and oxygen atoms in total. The summed E-state index contributed by atoms with van der Waals surface area (Å²) in [4.78, 5) is 30.3. The van der Waals surface area contributed by atoms with Crippen LogP contribution in [0.4, 0.5) is 0 Å². The minimum absolute atomic E-state index is 0.0550. The summed E-state index contributed by atoms with van der Waals surface area (Å²) in [6, 6.07) is 6.69. The number of carbonyl (C=O) groups excluding carboxylic acids is 1. The average molecular weight is 532 g/mol. The fourth-order valence-electron chi connectivity index (χ4n) is 7.58. The molecule has 9 heteroatoms. The Balaban J connectivity index is 1.25. The van der Waals surface area contributed by atoms with Crippen molar-refractivity contribution >= 4 is 15.9 Å². The van der Waals surface area contributed by atoms with Crippen LogP contribution in [0.2, 0.25) is 0 Å². The summed E-state index contributed by atoms with van der Waals surface area (Å²) in [7, 11) is -3.48. The molecule has 1 amide bonds. The third-order valence-corrected chi connectivity index (χ3v) is 11.4. The van der Waals surface area contributed by atoms with Crippen LogP contribution in [0.15, 0.2) is 29.2 Å². The molecule has 204 valence electrons. The minimum atomic E-state index is -3.48. The predicted molar refractivity (Wildman–Crippen MR) is 142 cm³/mol. The number of aryl methyl sites for hydroxylation is 1. The normalized spacial score (nSPS) is 34.0. The molecule has 0 aromatic heterocycles. The molecule has 1 aromatic rings. The minimum Gasteiger partial charge on any atom is -0.342 e. The van der Waals surface area contributed by atoms with E-state index in [4.69, 9.17) is 0 Å². The fraction of sp³-hybridized carbons (Fsp3) is 0.750. The summed E-state index contributed by atoms with van der Waals surface area (Å²) in [6.07, 6.45) is 4.58. The predicted octanol–water partition coefficient (Wildman–Crippen LogP) is 3.69. The number of fused-ring (bicyclic) bond motifs is 1. The van der Waals surface area contributed by atoms with Crippen LogP contribution in [0.3, 0.4) is 0 Å². The van der Waals surface area contributed by atoms with Gasteiger partial charge in [0.1, 0.15) is 16.8 Å². The molecule has 4 heterocycles. The number of hydrogen-bond donors (Lipinski definition) is 0. The van der Waals surface area contributed by atoms with E-state index in [1.54, 1.807) is 16.4 Å². The molecule has 4 aliphatic rings. The molecule has 6 atom stereocenters. The molecule has 0 bridgehead atoms. The number of rotatable bonds is 4. The highest BCUT2D eigenvalue weighted by molar-refractivity contribution is 7.89. The van der Waals surface area contributed by atoms with Crippen molar-refractivity contribution in [2.45, 2.75) is 76.8 Å². The largest absolute Gasteiger partial charge is 0.342 e. The molecule has 0 radical (unpaired) electrons. The van der Waals surface area contributed by atoms with Crippen LogP contribution in [0, 0.1) is 41.4 Å². The highest BCUT2D eigenvalue weighted by atomic mass is 32.2. The van der Waals surface area contributed by atoms with E-state index >= 15 is 0 Å². The third-order valence-electron chi connectivity index (χ3n) is 9.48. The molecule has 6 unspecified atom stereocenters. The first-order valence-corrected chi connectivity index (χ1v) is 15.6. The molecule has 4 aliphatic heterocycles. The lowest BCUT2D eigenvalue weighted by atomic mass is 9.74. The van der Waals surface area contributed by atoms with E-state index in [1.165, 1.54) is 0 Å². The Labute approximate surface area is 222 Å². The number of carbonyl (C=O) groups is 1. The third kappa shape index (κ3) is 5.05. The molecule has 37 heavy (non-hydrogen) atoms. The number of nitrogens with zero attached hydrogens (tertiary/aromatic N) is 4. The van der Waals surface area contributed by atoms with Crippen molar-refractivity contribution in [1.29, 1.82) is 0 Å². The van der Waals surface area contributed by atoms with Gasteiger partial charge in [-0.1, -0.05) is 31.5 Å². The summed E-state index contributed by atoms with van der Waals surface area (Å²) in [5.41, 5.74) is 1.04. The van der Waals surface area contributed by atoms with Gasteiger partial charge in [-0.15, -0.1) is 5.01 Å². The van der Waals surface area contributed by atoms with Crippen LogP contribution in [0.25, 0.3) is 0 Å². The zero-order chi connectivity index (χ0) is 26.5. The van der Waals surface area contributed by atoms with Gasteiger partial charge in [-0.3, -0.25) is 4.79 Å². The Morgan fingerprint density at radius 1 is 0.892 bits per heavy atom. The first-order chi connectivity index (χ1) is 17.6. The van der Waals surface area contributed by atoms with Gasteiger partial charge in [0.05, 0.1) is 16.3 Å². The SMILES string of the molecule is Cc1ccc(S(=O)(=O)N2CCC(C3CCN4C(C3)C(C(=O)N3CC(C)CC(C)C3)C(C)[N+]4=O)CC2)cc1. The van der Waals surface area contributed by atoms with E-state index in [1.807, 2.05) is 35.9 Å². The number of piperidine rings is 3. The van der Waals surface area contributed by atoms with Gasteiger partial charge in [0.15, 0.2) is 0 Å². The van der Waals surface area contributed by atoms with Gasteiger partial charge in [0.2, 0.25) is 22.0 Å². The molecule has 1 aromatic carbocycles. The lowest BCUT2D eigenvalue weighted by Crippen LogP contribution is -2.51. The zero-order valence-corrected chi connectivity index (χ0v) is 23.6. The highest BCUT2D eigenvalue weighted by Gasteiger charge is 2.59. The van der Waals surface area contributed by atoms with Crippen molar-refractivity contribution in [2.24, 2.45) is 29.6 Å². The van der Waals surface area contributed by atoms with Crippen molar-refractivity contribution in [3.63, 3.8) is 0 Å². The number of hydrazine groups is 1. The monoisotopic (exact) mass is 531 g/mol. The highest BCUT2D eigenvalue weighted by Crippen LogP contribution is 2.42. The molecular weight excluding hydrogens is 488 g/mol. The van der Waals surface area contributed by atoms with Crippen LogP contribution < -0.4 is 0 Å². The molecule has 0 spiro atoms. The van der Waals surface area contributed by atoms with Gasteiger partial charge < -0.3 is 4.90 Å². The topological polar surface area (TPSA) is 81.0 Å². The lowest BCUT2D eigenvalue weighted by molar-refractivity contribution is -0.716. The van der Waals surface area contributed by atoms with Crippen molar-refractivity contribution in [1.82, 2.24) is 14.2 Å². The number of sulfonamides is 1. The molecule has 0 aliphatic carbocycles. The summed E-state index contributed by atoms with van der Waals surface area (Å²) >= 11 is 0. The first kappa shape index (κ1) is 26.6. The number of hydrogen-bond acceptors (Lipinski definition) is 4. The van der Waals surface area contributed by atoms with Gasteiger partial charge in [0, 0.05) is 33.1 Å². The maximum absolute atomic E-state index is 13.8. The number of nitroso groups, excluding NO2 is 1. The van der Waals surface area contributed by atoms with Gasteiger partial charge in [-0.25, -0.2) is 8.42 Å². The Bertz CT molecular complexity index is 1110. The summed E-state index contributed by atoms with van der Waals surface area (Å²) in [5, 5.41) is 1.91. The van der Waals surface area contributed by atoms with Gasteiger partial charge >= 0.3 is 0 Å². The fourth-order valence-corrected chi connectivity index (χ4v) is 9.05. The molecule has 4 saturated heterocycles. The van der Waals surface area contributed by atoms with E-state index in [0.717, 1.165) is 55.6 Å². The number of amides is 1. The number of likely N-dealkylation sites (tertiary alicyclic amines) is 1. The Morgan fingerprint density at radius 3 is 2.11 bits per heavy atom. The van der Waals surface area contributed by atoms with Crippen molar-refractivity contribution in [3.05, 3.63) is 34.7 Å². The van der Waals surface area contributed by atoms with Crippen LogP contribution >= 0.6 is 0 Å². The summed E-state index contributed by atoms with van der Waals surface area (Å²) < 4.78 is 27.9. The molecule has 0 saturated carbocycles. The van der Waals surface area contributed by atoms with Crippen LogP contribution in [0.5, 0.6) is 0 Å². The smallest absolute Gasteiger partial charge is 0.245 e. The van der Waals surface area contributed by atoms with Crippen molar-refractivity contribution in [2.75, 3.05) is 32.7 Å². The van der Waals surface area contributed by atoms with E-state index in [9.17, 15) is 18.1 Å². The summed E-state index contributed by atoms with van der Waals surface area (Å²) in [6.45, 7) is 11.6. The van der Waals surface area contributed by atoms with E-state index < -0.39 is 10.0 Å². The second kappa shape index (κ2) is 10.3. The van der Waals surface area contributed by atoms with Gasteiger partial charge in [-0.2, -0.15) is 4.31 Å². The van der Waals surface area contributed by atoms with Crippen LogP contribution in [-0.4, -0.2) is 78.2 Å². The van der Waals surface area contributed by atoms with E-state index in [-0.39, 0.29) is 23.9 Å². The van der Waals surface area contributed by atoms with E-state index in [0.29, 0.717) is 48.2 Å². The van der Waals surface area contributed by atoms with Crippen LogP contribution in [-0.2, 0) is 14.8 Å². The Morgan fingerprint density at radius 2 is 1.49 bits per heavy atom. The van der Waals surface area contributed by atoms with Gasteiger partial charge in [-0.05, 0) is 74.8 Å². The Kier molecular flexibility index (Phi) is 7.39. The quantitative estimate of drug-likeness (QED) is 0.554. The Hall–Kier alpha value is -2.00. The lowest BCUT2D eigenvalue weighted by Gasteiger charge is -2.41. The van der Waals surface area contributed by atoms with Crippen LogP contribution in [0.1, 0.15) is 58.4 Å². The maximum atomic E-state index is 13.8. The summed E-state index contributed by atoms with van der Waals surface area (Å²) in [5.74, 6) is 1.68. The standard InChI is InChI=1S/C28H43N4O4S/c1-19-5-7-25(8-6-19)37(35,36)30-12-9-23(10-13-30)24-11-14-31-26(16-24)27(22(4)32(31)34)28(33)29-17-20(2)15-21(3)18-29/h5-8,20-24,26-27H,9-18H2,1-4H3/q+1. The number of benzene rings is 1. The second-order valence-electron chi connectivity index (χ2n) is 12.3. The molecule has 4 fully saturated rings. The average Bonchev–Trinajstić information content (AvgIpc) is 3.12. The van der Waals surface area contributed by atoms with Gasteiger partial charge in [0.25, 0.3) is 0 Å². The first-order valence-electron chi connectivity index (χ1n) is 14.1. The zero-order valence-electron chi connectivity index (χ0n) is 22.8. The van der Waals surface area contributed by atoms with E-state index in [2.05, 4.69) is 13.8 Å². The van der Waals surface area contributed by atoms with Crippen molar-refractivity contribution in [3.8, 4) is 0 Å². The van der Waals surface area contributed by atoms with Crippen molar-refractivity contribution < 1.29 is 18.1 Å². The molecule has 5 rings (SSSR count).